The first kappa shape index (κ1) is 18.0. The van der Waals surface area contributed by atoms with E-state index in [-0.39, 0.29) is 11.9 Å². The lowest BCUT2D eigenvalue weighted by atomic mass is 10.1. The molecule has 1 N–H and O–H groups in total. The second-order valence-corrected chi connectivity index (χ2v) is 6.68. The Bertz CT molecular complexity index is 701. The van der Waals surface area contributed by atoms with Crippen molar-refractivity contribution in [2.45, 2.75) is 39.7 Å². The molecular formula is C19H28N4O. The predicted octanol–water partition coefficient (Wildman–Crippen LogP) is 2.39. The van der Waals surface area contributed by atoms with Crippen molar-refractivity contribution in [1.82, 2.24) is 15.1 Å². The highest BCUT2D eigenvalue weighted by molar-refractivity contribution is 5.79. The average Bonchev–Trinajstić information content (AvgIpc) is 2.74. The van der Waals surface area contributed by atoms with Crippen molar-refractivity contribution >= 4 is 11.6 Å². The van der Waals surface area contributed by atoms with Crippen LogP contribution < -0.4 is 10.2 Å². The first-order valence-corrected chi connectivity index (χ1v) is 8.32. The van der Waals surface area contributed by atoms with E-state index in [0.717, 1.165) is 23.4 Å². The molecule has 1 heterocycles. The van der Waals surface area contributed by atoms with Gasteiger partial charge >= 0.3 is 0 Å². The minimum Gasteiger partial charge on any atom is -0.378 e. The zero-order chi connectivity index (χ0) is 17.9. The zero-order valence-electron chi connectivity index (χ0n) is 15.6. The molecule has 1 unspecified atom stereocenters. The second-order valence-electron chi connectivity index (χ2n) is 6.68. The van der Waals surface area contributed by atoms with Crippen LogP contribution in [0, 0.1) is 13.8 Å². The number of hydrogen-bond acceptors (Lipinski definition) is 3. The molecule has 2 aromatic rings. The van der Waals surface area contributed by atoms with Crippen LogP contribution in [0.1, 0.15) is 29.4 Å². The number of aromatic nitrogens is 2. The van der Waals surface area contributed by atoms with E-state index >= 15 is 0 Å². The van der Waals surface area contributed by atoms with Gasteiger partial charge in [-0.3, -0.25) is 9.48 Å². The van der Waals surface area contributed by atoms with E-state index in [0.29, 0.717) is 6.42 Å². The summed E-state index contributed by atoms with van der Waals surface area (Å²) < 4.78 is 1.83. The number of anilines is 1. The van der Waals surface area contributed by atoms with Gasteiger partial charge in [-0.2, -0.15) is 5.10 Å². The SMILES string of the molecule is Cc1nn(C)c(C)c1CC(=O)NC(C)Cc1ccc(N(C)C)cc1. The molecule has 0 fully saturated rings. The maximum absolute atomic E-state index is 12.3. The van der Waals surface area contributed by atoms with Crippen molar-refractivity contribution in [2.75, 3.05) is 19.0 Å². The highest BCUT2D eigenvalue weighted by atomic mass is 16.1. The van der Waals surface area contributed by atoms with Crippen LogP contribution in [0.3, 0.4) is 0 Å². The van der Waals surface area contributed by atoms with Gasteiger partial charge in [0.1, 0.15) is 0 Å². The first-order chi connectivity index (χ1) is 11.3. The number of benzene rings is 1. The Morgan fingerprint density at radius 1 is 1.25 bits per heavy atom. The van der Waals surface area contributed by atoms with Crippen LogP contribution in [-0.2, 0) is 24.7 Å². The van der Waals surface area contributed by atoms with Crippen molar-refractivity contribution in [1.29, 1.82) is 0 Å². The molecule has 1 amide bonds. The van der Waals surface area contributed by atoms with E-state index in [2.05, 4.69) is 39.6 Å². The Labute approximate surface area is 144 Å². The molecule has 5 heteroatoms. The van der Waals surface area contributed by atoms with Crippen molar-refractivity contribution in [3.63, 3.8) is 0 Å². The topological polar surface area (TPSA) is 50.2 Å². The Morgan fingerprint density at radius 2 is 1.88 bits per heavy atom. The summed E-state index contributed by atoms with van der Waals surface area (Å²) in [6, 6.07) is 8.54. The number of hydrogen-bond donors (Lipinski definition) is 1. The van der Waals surface area contributed by atoms with E-state index in [9.17, 15) is 4.79 Å². The summed E-state index contributed by atoms with van der Waals surface area (Å²) in [4.78, 5) is 14.4. The molecule has 24 heavy (non-hydrogen) atoms. The van der Waals surface area contributed by atoms with Gasteiger partial charge in [-0.25, -0.2) is 0 Å². The average molecular weight is 328 g/mol. The molecule has 0 saturated carbocycles. The van der Waals surface area contributed by atoms with Crippen molar-refractivity contribution in [2.24, 2.45) is 7.05 Å². The van der Waals surface area contributed by atoms with E-state index in [1.807, 2.05) is 46.6 Å². The summed E-state index contributed by atoms with van der Waals surface area (Å²) in [6.07, 6.45) is 1.21. The number of nitrogens with zero attached hydrogens (tertiary/aromatic N) is 3. The van der Waals surface area contributed by atoms with Gasteiger partial charge in [0.2, 0.25) is 5.91 Å². The van der Waals surface area contributed by atoms with Crippen LogP contribution in [0.2, 0.25) is 0 Å². The van der Waals surface area contributed by atoms with Crippen LogP contribution in [0.25, 0.3) is 0 Å². The van der Waals surface area contributed by atoms with Crippen LogP contribution in [0.4, 0.5) is 5.69 Å². The van der Waals surface area contributed by atoms with E-state index in [1.54, 1.807) is 0 Å². The van der Waals surface area contributed by atoms with E-state index < -0.39 is 0 Å². The number of carbonyl (C=O) groups excluding carboxylic acids is 1. The largest absolute Gasteiger partial charge is 0.378 e. The number of amides is 1. The molecule has 0 aliphatic heterocycles. The van der Waals surface area contributed by atoms with Gasteiger partial charge in [-0.1, -0.05) is 12.1 Å². The molecule has 1 aromatic heterocycles. The van der Waals surface area contributed by atoms with Gasteiger partial charge in [0.15, 0.2) is 0 Å². The molecule has 0 aliphatic carbocycles. The monoisotopic (exact) mass is 328 g/mol. The quantitative estimate of drug-likeness (QED) is 0.886. The number of aryl methyl sites for hydroxylation is 2. The fraction of sp³-hybridized carbons (Fsp3) is 0.474. The Kier molecular flexibility index (Phi) is 5.65. The molecule has 1 aromatic carbocycles. The Hall–Kier alpha value is -2.30. The zero-order valence-corrected chi connectivity index (χ0v) is 15.6. The number of rotatable bonds is 6. The lowest BCUT2D eigenvalue weighted by Gasteiger charge is -2.16. The third-order valence-corrected chi connectivity index (χ3v) is 4.40. The normalized spacial score (nSPS) is 12.1. The summed E-state index contributed by atoms with van der Waals surface area (Å²) >= 11 is 0. The molecule has 0 aliphatic rings. The van der Waals surface area contributed by atoms with Crippen LogP contribution in [0.15, 0.2) is 24.3 Å². The molecule has 130 valence electrons. The van der Waals surface area contributed by atoms with Gasteiger partial charge in [-0.15, -0.1) is 0 Å². The first-order valence-electron chi connectivity index (χ1n) is 8.32. The molecule has 0 radical (unpaired) electrons. The van der Waals surface area contributed by atoms with Gasteiger partial charge in [0, 0.05) is 44.1 Å². The maximum atomic E-state index is 12.3. The number of nitrogens with one attached hydrogen (secondary N) is 1. The molecule has 2 rings (SSSR count). The minimum absolute atomic E-state index is 0.0478. The fourth-order valence-electron chi connectivity index (χ4n) is 2.89. The standard InChI is InChI=1S/C19H28N4O/c1-13(11-16-7-9-17(10-8-16)22(4)5)20-19(24)12-18-14(2)21-23(6)15(18)3/h7-10,13H,11-12H2,1-6H3,(H,20,24). The molecule has 5 nitrogen and oxygen atoms in total. The molecule has 0 saturated heterocycles. The minimum atomic E-state index is 0.0478. The van der Waals surface area contributed by atoms with E-state index in [4.69, 9.17) is 0 Å². The highest BCUT2D eigenvalue weighted by Crippen LogP contribution is 2.14. The molecule has 0 bridgehead atoms. The summed E-state index contributed by atoms with van der Waals surface area (Å²) in [5, 5.41) is 7.46. The molecular weight excluding hydrogens is 300 g/mol. The van der Waals surface area contributed by atoms with Crippen LogP contribution in [0.5, 0.6) is 0 Å². The van der Waals surface area contributed by atoms with Crippen molar-refractivity contribution in [3.05, 3.63) is 46.8 Å². The lowest BCUT2D eigenvalue weighted by molar-refractivity contribution is -0.121. The third kappa shape index (κ3) is 4.37. The summed E-state index contributed by atoms with van der Waals surface area (Å²) in [7, 11) is 5.96. The smallest absolute Gasteiger partial charge is 0.224 e. The lowest BCUT2D eigenvalue weighted by Crippen LogP contribution is -2.35. The van der Waals surface area contributed by atoms with E-state index in [1.165, 1.54) is 11.3 Å². The second kappa shape index (κ2) is 7.51. The third-order valence-electron chi connectivity index (χ3n) is 4.40. The fourth-order valence-corrected chi connectivity index (χ4v) is 2.89. The Morgan fingerprint density at radius 3 is 2.38 bits per heavy atom. The van der Waals surface area contributed by atoms with Crippen molar-refractivity contribution < 1.29 is 4.79 Å². The van der Waals surface area contributed by atoms with Crippen molar-refractivity contribution in [3.8, 4) is 0 Å². The van der Waals surface area contributed by atoms with Gasteiger partial charge in [0.25, 0.3) is 0 Å². The van der Waals surface area contributed by atoms with Crippen LogP contribution >= 0.6 is 0 Å². The summed E-state index contributed by atoms with van der Waals surface area (Å²) in [6.45, 7) is 5.99. The van der Waals surface area contributed by atoms with Gasteiger partial charge in [-0.05, 0) is 44.9 Å². The van der Waals surface area contributed by atoms with Gasteiger partial charge in [0.05, 0.1) is 12.1 Å². The van der Waals surface area contributed by atoms with Gasteiger partial charge < -0.3 is 10.2 Å². The summed E-state index contributed by atoms with van der Waals surface area (Å²) in [5.74, 6) is 0.0478. The Balaban J connectivity index is 1.91. The molecule has 1 atom stereocenters. The van der Waals surface area contributed by atoms with Crippen LogP contribution in [-0.4, -0.2) is 35.8 Å². The molecule has 0 spiro atoms. The maximum Gasteiger partial charge on any atom is 0.224 e. The number of carbonyl (C=O) groups is 1. The summed E-state index contributed by atoms with van der Waals surface area (Å²) in [5.41, 5.74) is 5.41. The highest BCUT2D eigenvalue weighted by Gasteiger charge is 2.15. The predicted molar refractivity (Wildman–Crippen MR) is 98.5 cm³/mol.